The molecule has 0 saturated carbocycles. The summed E-state index contributed by atoms with van der Waals surface area (Å²) in [5.74, 6) is -2.31. The van der Waals surface area contributed by atoms with Crippen LogP contribution < -0.4 is 0 Å². The van der Waals surface area contributed by atoms with E-state index in [1.807, 2.05) is 0 Å². The molecule has 0 amide bonds. The Morgan fingerprint density at radius 1 is 0.962 bits per heavy atom. The van der Waals surface area contributed by atoms with Crippen molar-refractivity contribution in [2.45, 2.75) is 28.2 Å². The minimum absolute atomic E-state index is 0.0739. The second-order valence-corrected chi connectivity index (χ2v) is 7.50. The van der Waals surface area contributed by atoms with Crippen LogP contribution in [0.1, 0.15) is 17.9 Å². The van der Waals surface area contributed by atoms with E-state index in [4.69, 9.17) is 0 Å². The summed E-state index contributed by atoms with van der Waals surface area (Å²) < 4.78 is 54.2. The maximum Gasteiger partial charge on any atom is 0.397 e. The normalized spacial score (nSPS) is 20.9. The van der Waals surface area contributed by atoms with Crippen molar-refractivity contribution in [1.29, 1.82) is 0 Å². The molecule has 2 unspecified atom stereocenters. The van der Waals surface area contributed by atoms with E-state index in [2.05, 4.69) is 0 Å². The molecule has 0 aromatic heterocycles. The van der Waals surface area contributed by atoms with Crippen LogP contribution in [0.5, 0.6) is 5.75 Å². The van der Waals surface area contributed by atoms with Crippen LogP contribution in [0, 0.1) is 5.82 Å². The summed E-state index contributed by atoms with van der Waals surface area (Å²) in [6, 6.07) is 10.6. The summed E-state index contributed by atoms with van der Waals surface area (Å²) in [5.41, 5.74) is 0.0739. The van der Waals surface area contributed by atoms with Gasteiger partial charge in [-0.2, -0.15) is 13.2 Å². The van der Waals surface area contributed by atoms with Gasteiger partial charge in [0, 0.05) is 4.90 Å². The van der Waals surface area contributed by atoms with Gasteiger partial charge in [0.2, 0.25) is 0 Å². The molecule has 1 N–H and O–H groups in total. The Bertz CT molecular complexity index is 809. The minimum atomic E-state index is -4.50. The number of aromatic hydroxyl groups is 1. The predicted molar refractivity (Wildman–Crippen MR) is 94.8 cm³/mol. The van der Waals surface area contributed by atoms with Crippen molar-refractivity contribution < 1.29 is 22.7 Å². The van der Waals surface area contributed by atoms with Gasteiger partial charge in [0.1, 0.15) is 11.6 Å². The summed E-state index contributed by atoms with van der Waals surface area (Å²) >= 11 is 1.07. The number of benzene rings is 2. The molecular formula is C20H16F4OS. The number of rotatable bonds is 4. The number of hydrogen-bond donors (Lipinski definition) is 1. The molecule has 0 aliphatic heterocycles. The molecule has 0 spiro atoms. The number of allylic oxidation sites excluding steroid dienone is 3. The van der Waals surface area contributed by atoms with E-state index >= 15 is 0 Å². The zero-order valence-electron chi connectivity index (χ0n) is 13.6. The lowest BCUT2D eigenvalue weighted by molar-refractivity contribution is -0.155. The lowest BCUT2D eigenvalue weighted by Crippen LogP contribution is -2.40. The molecule has 0 fully saturated rings. The van der Waals surface area contributed by atoms with Gasteiger partial charge in [-0.05, 0) is 48.4 Å². The zero-order chi connectivity index (χ0) is 18.8. The highest BCUT2D eigenvalue weighted by Gasteiger charge is 2.53. The van der Waals surface area contributed by atoms with Crippen LogP contribution in [-0.2, 0) is 0 Å². The van der Waals surface area contributed by atoms with Crippen LogP contribution in [-0.4, -0.2) is 16.0 Å². The molecule has 1 aliphatic carbocycles. The van der Waals surface area contributed by atoms with E-state index in [1.165, 1.54) is 48.5 Å². The standard InChI is InChI=1S/C20H16F4OS/c21-15-6-10-17(11-7-15)26-19(12-2-1-3-13-19)18(20(22,23)24)14-4-8-16(25)9-5-14/h1-12,18,25H,13H2. The number of phenolic OH excluding ortho intramolecular Hbond substituents is 1. The van der Waals surface area contributed by atoms with Crippen LogP contribution in [0.3, 0.4) is 0 Å². The minimum Gasteiger partial charge on any atom is -0.508 e. The van der Waals surface area contributed by atoms with Gasteiger partial charge in [0.15, 0.2) is 0 Å². The van der Waals surface area contributed by atoms with E-state index < -0.39 is 22.7 Å². The molecule has 2 atom stereocenters. The lowest BCUT2D eigenvalue weighted by atomic mass is 9.80. The average Bonchev–Trinajstić information content (AvgIpc) is 2.59. The molecule has 1 nitrogen and oxygen atoms in total. The molecule has 136 valence electrons. The Kier molecular flexibility index (Phi) is 5.14. The second-order valence-electron chi connectivity index (χ2n) is 6.07. The van der Waals surface area contributed by atoms with Crippen molar-refractivity contribution in [3.63, 3.8) is 0 Å². The molecular weight excluding hydrogens is 364 g/mol. The number of hydrogen-bond acceptors (Lipinski definition) is 2. The van der Waals surface area contributed by atoms with Crippen molar-refractivity contribution in [2.75, 3.05) is 0 Å². The predicted octanol–water partition coefficient (Wildman–Crippen LogP) is 6.22. The molecule has 3 rings (SSSR count). The maximum absolute atomic E-state index is 14.1. The van der Waals surface area contributed by atoms with Gasteiger partial charge >= 0.3 is 6.18 Å². The average molecular weight is 380 g/mol. The number of alkyl halides is 3. The molecule has 26 heavy (non-hydrogen) atoms. The summed E-state index contributed by atoms with van der Waals surface area (Å²) in [4.78, 5) is 0.555. The van der Waals surface area contributed by atoms with Gasteiger partial charge < -0.3 is 5.11 Å². The molecule has 0 heterocycles. The van der Waals surface area contributed by atoms with E-state index in [9.17, 15) is 22.7 Å². The zero-order valence-corrected chi connectivity index (χ0v) is 14.4. The van der Waals surface area contributed by atoms with E-state index in [0.717, 1.165) is 11.8 Å². The van der Waals surface area contributed by atoms with Gasteiger partial charge in [-0.15, -0.1) is 11.8 Å². The highest BCUT2D eigenvalue weighted by Crippen LogP contribution is 2.54. The van der Waals surface area contributed by atoms with Crippen LogP contribution in [0.2, 0.25) is 0 Å². The molecule has 0 saturated heterocycles. The fourth-order valence-electron chi connectivity index (χ4n) is 3.10. The second kappa shape index (κ2) is 7.19. The fourth-order valence-corrected chi connectivity index (χ4v) is 4.53. The maximum atomic E-state index is 14.1. The smallest absolute Gasteiger partial charge is 0.397 e. The highest BCUT2D eigenvalue weighted by atomic mass is 32.2. The van der Waals surface area contributed by atoms with Crippen LogP contribution in [0.25, 0.3) is 0 Å². The van der Waals surface area contributed by atoms with E-state index in [0.29, 0.717) is 4.90 Å². The highest BCUT2D eigenvalue weighted by molar-refractivity contribution is 8.01. The fraction of sp³-hybridized carbons (Fsp3) is 0.200. The summed E-state index contributed by atoms with van der Waals surface area (Å²) in [5, 5.41) is 9.43. The Morgan fingerprint density at radius 3 is 2.15 bits per heavy atom. The van der Waals surface area contributed by atoms with Crippen LogP contribution in [0.4, 0.5) is 17.6 Å². The SMILES string of the molecule is Oc1ccc(C(C(F)(F)F)C2(Sc3ccc(F)cc3)C=CC=CC2)cc1. The monoisotopic (exact) mass is 380 g/mol. The molecule has 2 aromatic carbocycles. The first-order valence-corrected chi connectivity index (χ1v) is 8.76. The van der Waals surface area contributed by atoms with Gasteiger partial charge in [-0.1, -0.05) is 36.4 Å². The third-order valence-electron chi connectivity index (χ3n) is 4.23. The van der Waals surface area contributed by atoms with Crippen molar-refractivity contribution in [1.82, 2.24) is 0 Å². The number of thioether (sulfide) groups is 1. The topological polar surface area (TPSA) is 20.2 Å². The van der Waals surface area contributed by atoms with Crippen molar-refractivity contribution in [3.8, 4) is 5.75 Å². The van der Waals surface area contributed by atoms with E-state index in [-0.39, 0.29) is 17.7 Å². The van der Waals surface area contributed by atoms with Gasteiger partial charge in [-0.25, -0.2) is 4.39 Å². The van der Waals surface area contributed by atoms with Gasteiger partial charge in [-0.3, -0.25) is 0 Å². The van der Waals surface area contributed by atoms with Gasteiger partial charge in [0.25, 0.3) is 0 Å². The first kappa shape index (κ1) is 18.6. The molecule has 2 aromatic rings. The summed E-state index contributed by atoms with van der Waals surface area (Å²) in [6.07, 6.45) is 2.27. The Labute approximate surface area is 153 Å². The van der Waals surface area contributed by atoms with Crippen molar-refractivity contribution in [3.05, 3.63) is 84.2 Å². The first-order valence-electron chi connectivity index (χ1n) is 7.95. The Morgan fingerprint density at radius 2 is 1.62 bits per heavy atom. The largest absolute Gasteiger partial charge is 0.508 e. The molecule has 1 aliphatic rings. The van der Waals surface area contributed by atoms with Crippen molar-refractivity contribution >= 4 is 11.8 Å². The third-order valence-corrected chi connectivity index (χ3v) is 5.65. The number of halogens is 4. The van der Waals surface area contributed by atoms with Crippen LogP contribution in [0.15, 0.2) is 77.7 Å². The lowest BCUT2D eigenvalue weighted by Gasteiger charge is -2.40. The molecule has 6 heteroatoms. The third kappa shape index (κ3) is 3.96. The van der Waals surface area contributed by atoms with Crippen molar-refractivity contribution in [2.24, 2.45) is 0 Å². The molecule has 0 bridgehead atoms. The molecule has 0 radical (unpaired) electrons. The van der Waals surface area contributed by atoms with Gasteiger partial charge in [0.05, 0.1) is 10.7 Å². The number of phenols is 1. The van der Waals surface area contributed by atoms with Crippen LogP contribution >= 0.6 is 11.8 Å². The van der Waals surface area contributed by atoms with E-state index in [1.54, 1.807) is 24.3 Å². The first-order chi connectivity index (χ1) is 12.3. The Balaban J connectivity index is 2.08. The quantitative estimate of drug-likeness (QED) is 0.635. The Hall–Kier alpha value is -2.21. The summed E-state index contributed by atoms with van der Waals surface area (Å²) in [7, 11) is 0. The summed E-state index contributed by atoms with van der Waals surface area (Å²) in [6.45, 7) is 0.